The van der Waals surface area contributed by atoms with Crippen molar-refractivity contribution in [3.63, 3.8) is 0 Å². The van der Waals surface area contributed by atoms with Gasteiger partial charge in [-0.25, -0.2) is 4.79 Å². The molecule has 1 amide bonds. The van der Waals surface area contributed by atoms with E-state index in [0.29, 0.717) is 19.6 Å². The summed E-state index contributed by atoms with van der Waals surface area (Å²) < 4.78 is 5.64. The van der Waals surface area contributed by atoms with Crippen molar-refractivity contribution in [2.45, 2.75) is 44.8 Å². The second-order valence-electron chi connectivity index (χ2n) is 7.83. The molecule has 0 radical (unpaired) electrons. The molecule has 0 aliphatic carbocycles. The molecule has 0 bridgehead atoms. The number of aliphatic carboxylic acids is 1. The maximum atomic E-state index is 12.8. The molecular formula is C25H32N2O6. The van der Waals surface area contributed by atoms with Gasteiger partial charge in [0.2, 0.25) is 5.91 Å². The number of unbranched alkanes of at least 4 members (excludes halogenated alkanes) is 2. The molecule has 0 aliphatic rings. The first-order valence-corrected chi connectivity index (χ1v) is 11.1. The molecule has 8 heteroatoms. The van der Waals surface area contributed by atoms with Gasteiger partial charge in [-0.1, -0.05) is 73.5 Å². The Labute approximate surface area is 193 Å². The van der Waals surface area contributed by atoms with E-state index < -0.39 is 29.6 Å². The SMILES string of the molecule is O=C(O)C(Cc1ccccc1)NC(=O)[C@H](CCCCCOCc1ccccc1)C(=O)CNO. The Balaban J connectivity index is 1.81. The maximum absolute atomic E-state index is 12.8. The number of Topliss-reactive ketones (excluding diaryl/α,β-unsaturated/α-hetero) is 1. The Morgan fingerprint density at radius 1 is 0.879 bits per heavy atom. The van der Waals surface area contributed by atoms with E-state index in [-0.39, 0.29) is 19.4 Å². The van der Waals surface area contributed by atoms with E-state index >= 15 is 0 Å². The highest BCUT2D eigenvalue weighted by Crippen LogP contribution is 2.14. The predicted molar refractivity (Wildman–Crippen MR) is 123 cm³/mol. The predicted octanol–water partition coefficient (Wildman–Crippen LogP) is 2.74. The fraction of sp³-hybridized carbons (Fsp3) is 0.400. The van der Waals surface area contributed by atoms with E-state index in [9.17, 15) is 19.5 Å². The summed E-state index contributed by atoms with van der Waals surface area (Å²) in [5.74, 6) is -3.33. The monoisotopic (exact) mass is 456 g/mol. The number of benzene rings is 2. The standard InChI is InChI=1S/C25H32N2O6/c28-23(17-26-32)21(14-8-3-9-15-33-18-20-12-6-2-7-13-20)24(29)27-22(25(30)31)16-19-10-4-1-5-11-19/h1-2,4-7,10-13,21-22,26,32H,3,8-9,14-18H2,(H,27,29)(H,30,31)/t21-,22?/m1/s1. The highest BCUT2D eigenvalue weighted by atomic mass is 16.5. The largest absolute Gasteiger partial charge is 0.480 e. The highest BCUT2D eigenvalue weighted by Gasteiger charge is 2.29. The Kier molecular flexibility index (Phi) is 11.8. The summed E-state index contributed by atoms with van der Waals surface area (Å²) in [5.41, 5.74) is 3.65. The molecule has 2 aromatic carbocycles. The minimum absolute atomic E-state index is 0.111. The Hall–Kier alpha value is -3.07. The molecule has 0 aromatic heterocycles. The van der Waals surface area contributed by atoms with Crippen LogP contribution in [0.5, 0.6) is 0 Å². The molecule has 0 saturated heterocycles. The van der Waals surface area contributed by atoms with Crippen molar-refractivity contribution in [3.05, 3.63) is 71.8 Å². The number of hydrogen-bond donors (Lipinski definition) is 4. The van der Waals surface area contributed by atoms with Crippen LogP contribution in [0.3, 0.4) is 0 Å². The van der Waals surface area contributed by atoms with Gasteiger partial charge in [0.15, 0.2) is 5.78 Å². The highest BCUT2D eigenvalue weighted by molar-refractivity contribution is 6.03. The third-order valence-corrected chi connectivity index (χ3v) is 5.25. The number of carbonyl (C=O) groups is 3. The van der Waals surface area contributed by atoms with Crippen LogP contribution in [0, 0.1) is 5.92 Å². The maximum Gasteiger partial charge on any atom is 0.326 e. The van der Waals surface area contributed by atoms with E-state index in [0.717, 1.165) is 24.0 Å². The lowest BCUT2D eigenvalue weighted by Crippen LogP contribution is -2.47. The number of amides is 1. The van der Waals surface area contributed by atoms with Crippen molar-refractivity contribution >= 4 is 17.7 Å². The lowest BCUT2D eigenvalue weighted by atomic mass is 9.94. The number of hydroxylamine groups is 1. The van der Waals surface area contributed by atoms with Crippen LogP contribution < -0.4 is 10.8 Å². The third-order valence-electron chi connectivity index (χ3n) is 5.25. The van der Waals surface area contributed by atoms with E-state index in [1.807, 2.05) is 36.4 Å². The van der Waals surface area contributed by atoms with Crippen LogP contribution >= 0.6 is 0 Å². The average molecular weight is 457 g/mol. The summed E-state index contributed by atoms with van der Waals surface area (Å²) in [6.45, 7) is 0.718. The van der Waals surface area contributed by atoms with Gasteiger partial charge < -0.3 is 20.4 Å². The fourth-order valence-corrected chi connectivity index (χ4v) is 3.46. The van der Waals surface area contributed by atoms with Crippen LogP contribution in [0.25, 0.3) is 0 Å². The van der Waals surface area contributed by atoms with Gasteiger partial charge >= 0.3 is 5.97 Å². The lowest BCUT2D eigenvalue weighted by Gasteiger charge is -2.20. The molecule has 0 aliphatic heterocycles. The Morgan fingerprint density at radius 2 is 1.52 bits per heavy atom. The molecule has 0 fully saturated rings. The lowest BCUT2D eigenvalue weighted by molar-refractivity contribution is -0.144. The van der Waals surface area contributed by atoms with Crippen molar-refractivity contribution in [1.29, 1.82) is 0 Å². The van der Waals surface area contributed by atoms with Gasteiger partial charge in [-0.2, -0.15) is 5.48 Å². The fourth-order valence-electron chi connectivity index (χ4n) is 3.46. The molecular weight excluding hydrogens is 424 g/mol. The zero-order chi connectivity index (χ0) is 23.9. The number of nitrogens with one attached hydrogen (secondary N) is 2. The summed E-state index contributed by atoms with van der Waals surface area (Å²) in [7, 11) is 0. The number of rotatable bonds is 16. The molecule has 0 spiro atoms. The molecule has 2 rings (SSSR count). The minimum Gasteiger partial charge on any atom is -0.480 e. The molecule has 0 saturated carbocycles. The minimum atomic E-state index is -1.17. The number of ether oxygens (including phenoxy) is 1. The van der Waals surface area contributed by atoms with Gasteiger partial charge in [0.1, 0.15) is 6.04 Å². The van der Waals surface area contributed by atoms with E-state index in [1.54, 1.807) is 29.7 Å². The Morgan fingerprint density at radius 3 is 2.12 bits per heavy atom. The van der Waals surface area contributed by atoms with E-state index in [2.05, 4.69) is 5.32 Å². The van der Waals surface area contributed by atoms with Crippen molar-refractivity contribution in [1.82, 2.24) is 10.8 Å². The first-order valence-electron chi connectivity index (χ1n) is 11.1. The molecule has 4 N–H and O–H groups in total. The van der Waals surface area contributed by atoms with Gasteiger partial charge in [0.25, 0.3) is 0 Å². The van der Waals surface area contributed by atoms with Gasteiger partial charge in [-0.05, 0) is 24.0 Å². The van der Waals surface area contributed by atoms with Crippen molar-refractivity contribution in [2.75, 3.05) is 13.2 Å². The van der Waals surface area contributed by atoms with Crippen LogP contribution in [-0.2, 0) is 32.1 Å². The molecule has 0 heterocycles. The van der Waals surface area contributed by atoms with Gasteiger partial charge in [0, 0.05) is 13.0 Å². The zero-order valence-corrected chi connectivity index (χ0v) is 18.6. The smallest absolute Gasteiger partial charge is 0.326 e. The average Bonchev–Trinajstić information content (AvgIpc) is 2.81. The summed E-state index contributed by atoms with van der Waals surface area (Å²) in [5, 5.41) is 20.9. The molecule has 2 aromatic rings. The molecule has 8 nitrogen and oxygen atoms in total. The van der Waals surface area contributed by atoms with Gasteiger partial charge in [0.05, 0.1) is 19.1 Å². The summed E-state index contributed by atoms with van der Waals surface area (Å²) in [4.78, 5) is 36.8. The summed E-state index contributed by atoms with van der Waals surface area (Å²) >= 11 is 0. The second kappa shape index (κ2) is 14.9. The first-order chi connectivity index (χ1) is 16.0. The van der Waals surface area contributed by atoms with Crippen molar-refractivity contribution < 1.29 is 29.4 Å². The molecule has 1 unspecified atom stereocenters. The van der Waals surface area contributed by atoms with Crippen molar-refractivity contribution in [2.24, 2.45) is 5.92 Å². The second-order valence-corrected chi connectivity index (χ2v) is 7.83. The zero-order valence-electron chi connectivity index (χ0n) is 18.6. The Bertz CT molecular complexity index is 860. The first kappa shape index (κ1) is 26.2. The number of ketones is 1. The van der Waals surface area contributed by atoms with Gasteiger partial charge in [-0.3, -0.25) is 9.59 Å². The van der Waals surface area contributed by atoms with Crippen LogP contribution in [0.1, 0.15) is 36.8 Å². The van der Waals surface area contributed by atoms with Crippen LogP contribution in [0.2, 0.25) is 0 Å². The summed E-state index contributed by atoms with van der Waals surface area (Å²) in [6.07, 6.45) is 2.51. The number of carboxylic acid groups (broad SMARTS) is 1. The van der Waals surface area contributed by atoms with Crippen LogP contribution in [-0.4, -0.2) is 47.2 Å². The normalized spacial score (nSPS) is 12.6. The quantitative estimate of drug-likeness (QED) is 0.174. The van der Waals surface area contributed by atoms with Crippen molar-refractivity contribution in [3.8, 4) is 0 Å². The molecule has 33 heavy (non-hydrogen) atoms. The van der Waals surface area contributed by atoms with Gasteiger partial charge in [-0.15, -0.1) is 0 Å². The van der Waals surface area contributed by atoms with E-state index in [1.165, 1.54) is 0 Å². The number of hydrogen-bond acceptors (Lipinski definition) is 6. The third kappa shape index (κ3) is 9.95. The van der Waals surface area contributed by atoms with Crippen LogP contribution in [0.4, 0.5) is 0 Å². The molecule has 178 valence electrons. The topological polar surface area (TPSA) is 125 Å². The number of carbonyl (C=O) groups excluding carboxylic acids is 2. The van der Waals surface area contributed by atoms with E-state index in [4.69, 9.17) is 9.94 Å². The summed E-state index contributed by atoms with van der Waals surface area (Å²) in [6, 6.07) is 17.7. The van der Waals surface area contributed by atoms with Crippen LogP contribution in [0.15, 0.2) is 60.7 Å². The number of carboxylic acids is 1. The molecule has 2 atom stereocenters.